The predicted octanol–water partition coefficient (Wildman–Crippen LogP) is 2.86. The summed E-state index contributed by atoms with van der Waals surface area (Å²) in [6.07, 6.45) is 3.59. The monoisotopic (exact) mass is 207 g/mol. The van der Waals surface area contributed by atoms with Crippen LogP contribution in [0.5, 0.6) is 0 Å². The van der Waals surface area contributed by atoms with Crippen molar-refractivity contribution in [2.45, 2.75) is 25.3 Å². The normalized spacial score (nSPS) is 9.64. The Kier molecular flexibility index (Phi) is 3.93. The Labute approximate surface area is 88.4 Å². The van der Waals surface area contributed by atoms with Crippen LogP contribution in [0.15, 0.2) is 22.0 Å². The molecule has 0 unspecified atom stereocenters. The molecule has 0 aliphatic heterocycles. The Morgan fingerprint density at radius 1 is 1.36 bits per heavy atom. The number of carbonyl (C=O) groups excluding carboxylic acids is 1. The summed E-state index contributed by atoms with van der Waals surface area (Å²) in [6.45, 7) is 4.58. The van der Waals surface area contributed by atoms with Crippen LogP contribution in [0.2, 0.25) is 0 Å². The van der Waals surface area contributed by atoms with E-state index in [4.69, 9.17) is 0 Å². The summed E-state index contributed by atoms with van der Waals surface area (Å²) in [5.41, 5.74) is 3.61. The molecule has 2 nitrogen and oxygen atoms in total. The highest BCUT2D eigenvalue weighted by Crippen LogP contribution is 2.24. The molecule has 0 aliphatic carbocycles. The zero-order chi connectivity index (χ0) is 10.6. The van der Waals surface area contributed by atoms with E-state index in [0.29, 0.717) is 6.54 Å². The minimum absolute atomic E-state index is 0.431. The lowest BCUT2D eigenvalue weighted by molar-refractivity contribution is 0.562. The summed E-state index contributed by atoms with van der Waals surface area (Å²) in [6, 6.07) is 4.22. The Morgan fingerprint density at radius 3 is 2.57 bits per heavy atom. The van der Waals surface area contributed by atoms with Gasteiger partial charge in [0.1, 0.15) is 0 Å². The van der Waals surface area contributed by atoms with Crippen LogP contribution in [0, 0.1) is 13.8 Å². The molecule has 0 saturated carbocycles. The molecule has 0 aliphatic rings. The molecule has 14 heavy (non-hydrogen) atoms. The van der Waals surface area contributed by atoms with E-state index in [9.17, 15) is 4.79 Å². The third-order valence-corrected chi connectivity index (χ3v) is 3.03. The van der Waals surface area contributed by atoms with Gasteiger partial charge in [0.15, 0.2) is 0 Å². The highest BCUT2D eigenvalue weighted by atomic mass is 32.2. The van der Waals surface area contributed by atoms with Crippen molar-refractivity contribution in [2.75, 3.05) is 6.26 Å². The highest BCUT2D eigenvalue weighted by Gasteiger charge is 2.03. The van der Waals surface area contributed by atoms with Crippen LogP contribution in [0.4, 0.5) is 0 Å². The number of nitrogens with zero attached hydrogens (tertiary/aromatic N) is 1. The van der Waals surface area contributed by atoms with E-state index in [1.54, 1.807) is 17.8 Å². The van der Waals surface area contributed by atoms with Crippen LogP contribution in [0.1, 0.15) is 16.7 Å². The maximum atomic E-state index is 10.0. The van der Waals surface area contributed by atoms with Gasteiger partial charge in [-0.1, -0.05) is 6.07 Å². The van der Waals surface area contributed by atoms with Gasteiger partial charge in [-0.2, -0.15) is 0 Å². The molecule has 0 saturated heterocycles. The molecule has 0 fully saturated rings. The first kappa shape index (κ1) is 11.0. The lowest BCUT2D eigenvalue weighted by atomic mass is 10.1. The van der Waals surface area contributed by atoms with Gasteiger partial charge in [-0.3, -0.25) is 0 Å². The first-order valence-corrected chi connectivity index (χ1v) is 5.59. The molecule has 0 amide bonds. The van der Waals surface area contributed by atoms with Crippen molar-refractivity contribution >= 4 is 17.8 Å². The molecule has 1 aromatic carbocycles. The molecule has 0 radical (unpaired) electrons. The first-order valence-electron chi connectivity index (χ1n) is 4.36. The third-order valence-electron chi connectivity index (χ3n) is 2.21. The van der Waals surface area contributed by atoms with Crippen LogP contribution in [0.3, 0.4) is 0 Å². The number of hydrogen-bond donors (Lipinski definition) is 0. The fourth-order valence-corrected chi connectivity index (χ4v) is 1.96. The van der Waals surface area contributed by atoms with Gasteiger partial charge in [0.25, 0.3) is 0 Å². The fourth-order valence-electron chi connectivity index (χ4n) is 1.28. The molecule has 0 bridgehead atoms. The van der Waals surface area contributed by atoms with Crippen molar-refractivity contribution in [1.29, 1.82) is 0 Å². The number of isocyanates is 1. The van der Waals surface area contributed by atoms with Gasteiger partial charge in [-0.05, 0) is 42.9 Å². The molecule has 3 heteroatoms. The SMILES string of the molecule is CSc1cc(C)c(C)cc1CN=C=O. The Morgan fingerprint density at radius 2 is 2.00 bits per heavy atom. The first-order chi connectivity index (χ1) is 6.69. The van der Waals surface area contributed by atoms with E-state index in [1.807, 2.05) is 6.26 Å². The van der Waals surface area contributed by atoms with Gasteiger partial charge in [-0.15, -0.1) is 11.8 Å². The molecule has 0 heterocycles. The van der Waals surface area contributed by atoms with Crippen molar-refractivity contribution in [3.8, 4) is 0 Å². The van der Waals surface area contributed by atoms with E-state index in [-0.39, 0.29) is 0 Å². The van der Waals surface area contributed by atoms with Crippen LogP contribution in [0.25, 0.3) is 0 Å². The average molecular weight is 207 g/mol. The maximum Gasteiger partial charge on any atom is 0.235 e. The second-order valence-electron chi connectivity index (χ2n) is 3.16. The number of benzene rings is 1. The summed E-state index contributed by atoms with van der Waals surface area (Å²) in [5.74, 6) is 0. The third kappa shape index (κ3) is 2.47. The molecular weight excluding hydrogens is 194 g/mol. The lowest BCUT2D eigenvalue weighted by Crippen LogP contribution is -1.90. The number of aliphatic imine (C=N–C) groups is 1. The van der Waals surface area contributed by atoms with Gasteiger partial charge in [0, 0.05) is 4.90 Å². The van der Waals surface area contributed by atoms with Crippen molar-refractivity contribution in [3.63, 3.8) is 0 Å². The minimum atomic E-state index is 0.431. The van der Waals surface area contributed by atoms with E-state index in [0.717, 1.165) is 5.56 Å². The zero-order valence-corrected chi connectivity index (χ0v) is 9.44. The van der Waals surface area contributed by atoms with Crippen LogP contribution >= 0.6 is 11.8 Å². The zero-order valence-electron chi connectivity index (χ0n) is 8.63. The van der Waals surface area contributed by atoms with Crippen molar-refractivity contribution in [1.82, 2.24) is 0 Å². The molecule has 74 valence electrons. The highest BCUT2D eigenvalue weighted by molar-refractivity contribution is 7.98. The smallest absolute Gasteiger partial charge is 0.211 e. The largest absolute Gasteiger partial charge is 0.235 e. The number of thioether (sulfide) groups is 1. The van der Waals surface area contributed by atoms with Gasteiger partial charge in [0.2, 0.25) is 6.08 Å². The maximum absolute atomic E-state index is 10.0. The molecule has 0 aromatic heterocycles. The van der Waals surface area contributed by atoms with Crippen LogP contribution in [-0.2, 0) is 11.3 Å². The summed E-state index contributed by atoms with van der Waals surface area (Å²) < 4.78 is 0. The Bertz CT molecular complexity index is 381. The molecule has 0 N–H and O–H groups in total. The second kappa shape index (κ2) is 4.99. The van der Waals surface area contributed by atoms with E-state index in [1.165, 1.54) is 16.0 Å². The van der Waals surface area contributed by atoms with Gasteiger partial charge in [-0.25, -0.2) is 9.79 Å². The molecule has 1 rings (SSSR count). The topological polar surface area (TPSA) is 29.4 Å². The number of hydrogen-bond acceptors (Lipinski definition) is 3. The van der Waals surface area contributed by atoms with Gasteiger partial charge >= 0.3 is 0 Å². The fraction of sp³-hybridized carbons (Fsp3) is 0.364. The predicted molar refractivity (Wildman–Crippen MR) is 59.5 cm³/mol. The Hall–Kier alpha value is -1.05. The minimum Gasteiger partial charge on any atom is -0.211 e. The molecule has 0 atom stereocenters. The summed E-state index contributed by atoms with van der Waals surface area (Å²) in [7, 11) is 0. The Balaban J connectivity index is 3.12. The summed E-state index contributed by atoms with van der Waals surface area (Å²) in [4.78, 5) is 14.8. The molecular formula is C11H13NOS. The van der Waals surface area contributed by atoms with Crippen LogP contribution in [-0.4, -0.2) is 12.3 Å². The molecule has 1 aromatic rings. The lowest BCUT2D eigenvalue weighted by Gasteiger charge is -2.08. The van der Waals surface area contributed by atoms with Crippen molar-refractivity contribution < 1.29 is 4.79 Å². The summed E-state index contributed by atoms with van der Waals surface area (Å²) in [5, 5.41) is 0. The van der Waals surface area contributed by atoms with Gasteiger partial charge < -0.3 is 0 Å². The second-order valence-corrected chi connectivity index (χ2v) is 4.00. The molecule has 0 spiro atoms. The number of aryl methyl sites for hydroxylation is 2. The summed E-state index contributed by atoms with van der Waals surface area (Å²) >= 11 is 1.68. The van der Waals surface area contributed by atoms with Gasteiger partial charge in [0.05, 0.1) is 6.54 Å². The standard InChI is InChI=1S/C11H13NOS/c1-8-4-10(6-12-7-13)11(14-3)5-9(8)2/h4-5H,6H2,1-3H3. The number of rotatable bonds is 3. The van der Waals surface area contributed by atoms with E-state index in [2.05, 4.69) is 31.0 Å². The average Bonchev–Trinajstić information content (AvgIpc) is 2.19. The van der Waals surface area contributed by atoms with Crippen molar-refractivity contribution in [3.05, 3.63) is 28.8 Å². The van der Waals surface area contributed by atoms with Crippen molar-refractivity contribution in [2.24, 2.45) is 4.99 Å². The van der Waals surface area contributed by atoms with E-state index >= 15 is 0 Å². The quantitative estimate of drug-likeness (QED) is 0.433. The van der Waals surface area contributed by atoms with E-state index < -0.39 is 0 Å². The van der Waals surface area contributed by atoms with Crippen LogP contribution < -0.4 is 0 Å².